The lowest BCUT2D eigenvalue weighted by molar-refractivity contribution is -0.0503. The second-order valence-electron chi connectivity index (χ2n) is 10.9. The zero-order valence-electron chi connectivity index (χ0n) is 19.6. The van der Waals surface area contributed by atoms with E-state index in [9.17, 15) is 13.2 Å². The molecule has 6 nitrogen and oxygen atoms in total. The van der Waals surface area contributed by atoms with Gasteiger partial charge in [0.25, 0.3) is 15.9 Å². The first-order chi connectivity index (χ1) is 16.4. The van der Waals surface area contributed by atoms with Crippen LogP contribution in [0.5, 0.6) is 5.75 Å². The Balaban J connectivity index is 1.25. The van der Waals surface area contributed by atoms with Gasteiger partial charge in [-0.05, 0) is 97.9 Å². The Labute approximate surface area is 201 Å². The third-order valence-corrected chi connectivity index (χ3v) is 10.4. The molecule has 0 spiro atoms. The summed E-state index contributed by atoms with van der Waals surface area (Å²) in [5.74, 6) is 2.58. The predicted molar refractivity (Wildman–Crippen MR) is 131 cm³/mol. The van der Waals surface area contributed by atoms with Crippen molar-refractivity contribution in [1.29, 1.82) is 0 Å². The largest absolute Gasteiger partial charge is 0.496 e. The zero-order valence-corrected chi connectivity index (χ0v) is 20.4. The summed E-state index contributed by atoms with van der Waals surface area (Å²) in [6.45, 7) is 1.07. The van der Waals surface area contributed by atoms with Gasteiger partial charge in [0.15, 0.2) is 0 Å². The lowest BCUT2D eigenvalue weighted by atomic mass is 9.49. The van der Waals surface area contributed by atoms with E-state index in [1.807, 2.05) is 24.3 Å². The SMILES string of the molecule is COc1ccc(S(=O)(=O)N2CCc3ccccc32)cc1C(=O)NCC12CC3CC(CC(C3)C1)C2. The third kappa shape index (κ3) is 3.60. The fourth-order valence-electron chi connectivity index (χ4n) is 7.58. The fourth-order valence-corrected chi connectivity index (χ4v) is 9.11. The molecule has 0 atom stereocenters. The number of sulfonamides is 1. The van der Waals surface area contributed by atoms with E-state index in [0.717, 1.165) is 23.3 Å². The first-order valence-electron chi connectivity index (χ1n) is 12.4. The second kappa shape index (κ2) is 8.01. The Morgan fingerprint density at radius 2 is 1.74 bits per heavy atom. The Morgan fingerprint density at radius 3 is 2.41 bits per heavy atom. The van der Waals surface area contributed by atoms with Crippen molar-refractivity contribution >= 4 is 21.6 Å². The third-order valence-electron chi connectivity index (χ3n) is 8.64. The molecule has 1 N–H and O–H groups in total. The number of carbonyl (C=O) groups excluding carboxylic acids is 1. The molecule has 7 heteroatoms. The molecule has 180 valence electrons. The highest BCUT2D eigenvalue weighted by molar-refractivity contribution is 7.92. The van der Waals surface area contributed by atoms with E-state index in [2.05, 4.69) is 5.32 Å². The van der Waals surface area contributed by atoms with Gasteiger partial charge in [0.2, 0.25) is 0 Å². The summed E-state index contributed by atoms with van der Waals surface area (Å²) in [6.07, 6.45) is 8.39. The molecule has 1 aliphatic heterocycles. The van der Waals surface area contributed by atoms with Crippen molar-refractivity contribution in [3.63, 3.8) is 0 Å². The minimum atomic E-state index is -3.79. The molecule has 4 fully saturated rings. The maximum absolute atomic E-state index is 13.5. The molecule has 0 radical (unpaired) electrons. The van der Waals surface area contributed by atoms with Crippen molar-refractivity contribution in [2.75, 3.05) is 24.5 Å². The highest BCUT2D eigenvalue weighted by atomic mass is 32.2. The van der Waals surface area contributed by atoms with Crippen LogP contribution in [-0.4, -0.2) is 34.5 Å². The number of hydrogen-bond acceptors (Lipinski definition) is 4. The van der Waals surface area contributed by atoms with Gasteiger partial charge in [-0.15, -0.1) is 0 Å². The average molecular weight is 481 g/mol. The van der Waals surface area contributed by atoms with Gasteiger partial charge in [0.05, 0.1) is 23.3 Å². The van der Waals surface area contributed by atoms with Crippen molar-refractivity contribution < 1.29 is 17.9 Å². The zero-order chi connectivity index (χ0) is 23.5. The van der Waals surface area contributed by atoms with Crippen LogP contribution in [0, 0.1) is 23.2 Å². The molecule has 0 unspecified atom stereocenters. The maximum Gasteiger partial charge on any atom is 0.264 e. The number of para-hydroxylation sites is 1. The van der Waals surface area contributed by atoms with Gasteiger partial charge in [-0.25, -0.2) is 8.42 Å². The van der Waals surface area contributed by atoms with Crippen LogP contribution < -0.4 is 14.4 Å². The molecule has 0 aromatic heterocycles. The van der Waals surface area contributed by atoms with Crippen LogP contribution in [0.3, 0.4) is 0 Å². The molecule has 4 aliphatic carbocycles. The molecular formula is C27H32N2O4S. The summed E-state index contributed by atoms with van der Waals surface area (Å²) in [5.41, 5.74) is 2.22. The number of hydrogen-bond donors (Lipinski definition) is 1. The first kappa shape index (κ1) is 22.0. The van der Waals surface area contributed by atoms with Crippen molar-refractivity contribution in [2.45, 2.75) is 49.8 Å². The van der Waals surface area contributed by atoms with Crippen LogP contribution in [0.1, 0.15) is 54.4 Å². The number of nitrogens with zero attached hydrogens (tertiary/aromatic N) is 1. The first-order valence-corrected chi connectivity index (χ1v) is 13.9. The topological polar surface area (TPSA) is 75.7 Å². The Bertz CT molecular complexity index is 1200. The number of nitrogens with one attached hydrogen (secondary N) is 1. The van der Waals surface area contributed by atoms with Crippen molar-refractivity contribution in [3.05, 3.63) is 53.6 Å². The van der Waals surface area contributed by atoms with E-state index in [1.165, 1.54) is 62.1 Å². The van der Waals surface area contributed by atoms with Gasteiger partial charge >= 0.3 is 0 Å². The van der Waals surface area contributed by atoms with Gasteiger partial charge < -0.3 is 10.1 Å². The lowest BCUT2D eigenvalue weighted by Gasteiger charge is -2.56. The number of anilines is 1. The van der Waals surface area contributed by atoms with Gasteiger partial charge in [0, 0.05) is 13.1 Å². The molecule has 4 bridgehead atoms. The number of methoxy groups -OCH3 is 1. The van der Waals surface area contributed by atoms with Crippen LogP contribution in [-0.2, 0) is 16.4 Å². The number of rotatable bonds is 6. The normalized spacial score (nSPS) is 29.2. The molecule has 5 aliphatic rings. The molecule has 4 saturated carbocycles. The van der Waals surface area contributed by atoms with Crippen LogP contribution >= 0.6 is 0 Å². The summed E-state index contributed by atoms with van der Waals surface area (Å²) >= 11 is 0. The summed E-state index contributed by atoms with van der Waals surface area (Å²) in [4.78, 5) is 13.4. The van der Waals surface area contributed by atoms with E-state index in [4.69, 9.17) is 4.74 Å². The summed E-state index contributed by atoms with van der Waals surface area (Å²) in [5, 5.41) is 3.17. The molecule has 1 heterocycles. The van der Waals surface area contributed by atoms with Crippen LogP contribution in [0.25, 0.3) is 0 Å². The minimum absolute atomic E-state index is 0.116. The number of ether oxygens (including phenoxy) is 1. The van der Waals surface area contributed by atoms with Gasteiger partial charge in [0.1, 0.15) is 5.75 Å². The van der Waals surface area contributed by atoms with Crippen molar-refractivity contribution in [3.8, 4) is 5.75 Å². The smallest absolute Gasteiger partial charge is 0.264 e. The summed E-state index contributed by atoms with van der Waals surface area (Å²) in [7, 11) is -2.28. The highest BCUT2D eigenvalue weighted by Crippen LogP contribution is 2.59. The van der Waals surface area contributed by atoms with E-state index >= 15 is 0 Å². The lowest BCUT2D eigenvalue weighted by Crippen LogP contribution is -2.51. The molecular weight excluding hydrogens is 448 g/mol. The van der Waals surface area contributed by atoms with E-state index in [0.29, 0.717) is 30.9 Å². The number of fused-ring (bicyclic) bond motifs is 1. The van der Waals surface area contributed by atoms with Gasteiger partial charge in [-0.3, -0.25) is 9.10 Å². The Morgan fingerprint density at radius 1 is 1.06 bits per heavy atom. The summed E-state index contributed by atoms with van der Waals surface area (Å²) in [6, 6.07) is 12.2. The number of amides is 1. The van der Waals surface area contributed by atoms with Crippen molar-refractivity contribution in [2.24, 2.45) is 23.2 Å². The molecule has 2 aromatic carbocycles. The quantitative estimate of drug-likeness (QED) is 0.665. The Kier molecular flexibility index (Phi) is 5.17. The monoisotopic (exact) mass is 480 g/mol. The standard InChI is InChI=1S/C27H32N2O4S/c1-33-25-7-6-22(34(31,32)29-9-8-21-4-2-3-5-24(21)29)13-23(25)26(30)28-17-27-14-18-10-19(15-27)12-20(11-18)16-27/h2-7,13,18-20H,8-12,14-17H2,1H3,(H,28,30). The molecule has 0 saturated heterocycles. The van der Waals surface area contributed by atoms with Gasteiger partial charge in [-0.2, -0.15) is 0 Å². The minimum Gasteiger partial charge on any atom is -0.496 e. The van der Waals surface area contributed by atoms with E-state index in [-0.39, 0.29) is 21.8 Å². The maximum atomic E-state index is 13.5. The fraction of sp³-hybridized carbons (Fsp3) is 0.519. The number of benzene rings is 2. The highest BCUT2D eigenvalue weighted by Gasteiger charge is 2.50. The summed E-state index contributed by atoms with van der Waals surface area (Å²) < 4.78 is 33.9. The number of carbonyl (C=O) groups is 1. The van der Waals surface area contributed by atoms with Crippen molar-refractivity contribution in [1.82, 2.24) is 5.32 Å². The van der Waals surface area contributed by atoms with Crippen LogP contribution in [0.4, 0.5) is 5.69 Å². The van der Waals surface area contributed by atoms with E-state index in [1.54, 1.807) is 6.07 Å². The van der Waals surface area contributed by atoms with Crippen LogP contribution in [0.2, 0.25) is 0 Å². The second-order valence-corrected chi connectivity index (χ2v) is 12.8. The molecule has 2 aromatic rings. The Hall–Kier alpha value is -2.54. The van der Waals surface area contributed by atoms with Crippen LogP contribution in [0.15, 0.2) is 47.4 Å². The van der Waals surface area contributed by atoms with Gasteiger partial charge in [-0.1, -0.05) is 18.2 Å². The molecule has 34 heavy (non-hydrogen) atoms. The molecule has 7 rings (SSSR count). The average Bonchev–Trinajstić information content (AvgIpc) is 3.26. The molecule has 1 amide bonds. The predicted octanol–water partition coefficient (Wildman–Crippen LogP) is 4.39. The van der Waals surface area contributed by atoms with E-state index < -0.39 is 10.0 Å².